The second kappa shape index (κ2) is 7.07. The summed E-state index contributed by atoms with van der Waals surface area (Å²) in [5, 5.41) is 4.96. The molecule has 0 fully saturated rings. The Balaban J connectivity index is 1.26. The Morgan fingerprint density at radius 3 is 2.22 bits per heavy atom. The Kier molecular flexibility index (Phi) is 3.84. The summed E-state index contributed by atoms with van der Waals surface area (Å²) in [6, 6.07) is 43.3. The largest absolute Gasteiger partial charge is 0.143 e. The summed E-state index contributed by atoms with van der Waals surface area (Å²) in [6.45, 7) is 0. The van der Waals surface area contributed by atoms with Crippen molar-refractivity contribution in [1.29, 1.82) is 0 Å². The molecule has 0 bridgehead atoms. The molecule has 7 aromatic rings. The third-order valence-corrected chi connectivity index (χ3v) is 10.5. The number of hydrogen-bond acceptors (Lipinski definition) is 2. The van der Waals surface area contributed by atoms with Crippen LogP contribution in [0.1, 0.15) is 22.3 Å². The van der Waals surface area contributed by atoms with Gasteiger partial charge in [-0.1, -0.05) is 91.0 Å². The van der Waals surface area contributed by atoms with Gasteiger partial charge in [0, 0.05) is 25.0 Å². The van der Waals surface area contributed by atoms with Gasteiger partial charge in [-0.25, -0.2) is 0 Å². The van der Waals surface area contributed by atoms with Crippen LogP contribution in [0.15, 0.2) is 121 Å². The van der Waals surface area contributed by atoms with Crippen molar-refractivity contribution in [1.82, 2.24) is 0 Å². The molecule has 172 valence electrons. The SMILES string of the molecule is c1ccc2c(c1)-c1cccc3c1C2(c1ccc(-c2ccc4sc5ccccc5c4c2)cc1)c1ccsc1-3. The summed E-state index contributed by atoms with van der Waals surface area (Å²) < 4.78 is 2.70. The van der Waals surface area contributed by atoms with Gasteiger partial charge in [0.1, 0.15) is 0 Å². The summed E-state index contributed by atoms with van der Waals surface area (Å²) in [4.78, 5) is 1.42. The Hall–Kier alpha value is -3.98. The lowest BCUT2D eigenvalue weighted by molar-refractivity contribution is 0.794. The van der Waals surface area contributed by atoms with Crippen LogP contribution in [0.3, 0.4) is 0 Å². The predicted octanol–water partition coefficient (Wildman–Crippen LogP) is 10.1. The first-order valence-corrected chi connectivity index (χ1v) is 14.4. The minimum absolute atomic E-state index is 0.232. The number of fused-ring (bicyclic) bond motifs is 9. The van der Waals surface area contributed by atoms with E-state index in [0.717, 1.165) is 0 Å². The van der Waals surface area contributed by atoms with Gasteiger partial charge in [0.15, 0.2) is 0 Å². The highest BCUT2D eigenvalue weighted by Crippen LogP contribution is 2.65. The number of rotatable bonds is 2. The number of hydrogen-bond donors (Lipinski definition) is 0. The third kappa shape index (κ3) is 2.43. The summed E-state index contributed by atoms with van der Waals surface area (Å²) >= 11 is 3.75. The van der Waals surface area contributed by atoms with E-state index in [1.807, 2.05) is 22.7 Å². The van der Waals surface area contributed by atoms with Gasteiger partial charge in [-0.15, -0.1) is 22.7 Å². The van der Waals surface area contributed by atoms with Gasteiger partial charge in [0.2, 0.25) is 0 Å². The number of thiophene rings is 2. The highest BCUT2D eigenvalue weighted by Gasteiger charge is 2.52. The normalized spacial score (nSPS) is 16.8. The highest BCUT2D eigenvalue weighted by molar-refractivity contribution is 7.25. The molecule has 0 N–H and O–H groups in total. The van der Waals surface area contributed by atoms with Crippen LogP contribution in [-0.4, -0.2) is 0 Å². The van der Waals surface area contributed by atoms with Gasteiger partial charge in [0.05, 0.1) is 5.41 Å². The lowest BCUT2D eigenvalue weighted by atomic mass is 9.70. The van der Waals surface area contributed by atoms with E-state index >= 15 is 0 Å². The molecule has 2 aliphatic carbocycles. The molecule has 1 atom stereocenters. The maximum Gasteiger partial charge on any atom is 0.0734 e. The molecule has 2 aromatic heterocycles. The van der Waals surface area contributed by atoms with Crippen molar-refractivity contribution < 1.29 is 0 Å². The van der Waals surface area contributed by atoms with Crippen molar-refractivity contribution in [3.8, 4) is 32.7 Å². The first kappa shape index (κ1) is 20.1. The van der Waals surface area contributed by atoms with Crippen LogP contribution in [0.25, 0.3) is 52.9 Å². The zero-order valence-corrected chi connectivity index (χ0v) is 21.5. The Bertz CT molecular complexity index is 2040. The summed E-state index contributed by atoms with van der Waals surface area (Å²) in [5.74, 6) is 0. The Morgan fingerprint density at radius 2 is 1.27 bits per heavy atom. The zero-order valence-electron chi connectivity index (χ0n) is 19.9. The average Bonchev–Trinajstić information content (AvgIpc) is 3.70. The quantitative estimate of drug-likeness (QED) is 0.220. The van der Waals surface area contributed by atoms with Crippen LogP contribution in [0, 0.1) is 0 Å². The van der Waals surface area contributed by atoms with Crippen molar-refractivity contribution in [2.24, 2.45) is 0 Å². The van der Waals surface area contributed by atoms with Gasteiger partial charge in [-0.05, 0) is 79.7 Å². The molecule has 2 heterocycles. The molecule has 0 spiro atoms. The topological polar surface area (TPSA) is 0 Å². The van der Waals surface area contributed by atoms with E-state index in [2.05, 4.69) is 121 Å². The molecule has 0 saturated carbocycles. The second-order valence-corrected chi connectivity index (χ2v) is 12.1. The van der Waals surface area contributed by atoms with E-state index in [4.69, 9.17) is 0 Å². The highest BCUT2D eigenvalue weighted by atomic mass is 32.1. The lowest BCUT2D eigenvalue weighted by Gasteiger charge is -2.30. The van der Waals surface area contributed by atoms with E-state index in [1.165, 1.54) is 75.1 Å². The van der Waals surface area contributed by atoms with E-state index in [9.17, 15) is 0 Å². The van der Waals surface area contributed by atoms with Crippen molar-refractivity contribution in [2.45, 2.75) is 5.41 Å². The number of benzene rings is 5. The van der Waals surface area contributed by atoms with Crippen LogP contribution in [-0.2, 0) is 5.41 Å². The lowest BCUT2D eigenvalue weighted by Crippen LogP contribution is -2.25. The van der Waals surface area contributed by atoms with Crippen LogP contribution < -0.4 is 0 Å². The van der Waals surface area contributed by atoms with Gasteiger partial charge in [0.25, 0.3) is 0 Å². The fourth-order valence-electron chi connectivity index (χ4n) is 6.92. The summed E-state index contributed by atoms with van der Waals surface area (Å²) in [6.07, 6.45) is 0. The van der Waals surface area contributed by atoms with Crippen molar-refractivity contribution in [3.63, 3.8) is 0 Å². The van der Waals surface area contributed by atoms with Crippen LogP contribution in [0.5, 0.6) is 0 Å². The molecule has 0 amide bonds. The van der Waals surface area contributed by atoms with E-state index in [-0.39, 0.29) is 5.41 Å². The Labute approximate surface area is 223 Å². The van der Waals surface area contributed by atoms with Gasteiger partial charge in [-0.3, -0.25) is 0 Å². The maximum atomic E-state index is 2.38. The van der Waals surface area contributed by atoms with Crippen molar-refractivity contribution in [2.75, 3.05) is 0 Å². The van der Waals surface area contributed by atoms with Gasteiger partial charge in [-0.2, -0.15) is 0 Å². The standard InChI is InChI=1S/C35H20S2/c1-3-10-29-24(6-1)26-8-5-9-27-33(26)35(29,30-18-19-36-34(27)30)23-15-12-21(13-16-23)22-14-17-32-28(20-22)25-7-2-4-11-31(25)37-32/h1-20H. The van der Waals surface area contributed by atoms with Gasteiger partial charge >= 0.3 is 0 Å². The Morgan fingerprint density at radius 1 is 0.514 bits per heavy atom. The fraction of sp³-hybridized carbons (Fsp3) is 0.0286. The predicted molar refractivity (Wildman–Crippen MR) is 159 cm³/mol. The smallest absolute Gasteiger partial charge is 0.0734 e. The first-order valence-electron chi connectivity index (χ1n) is 12.7. The molecule has 0 radical (unpaired) electrons. The minimum Gasteiger partial charge on any atom is -0.143 e. The molecule has 2 heteroatoms. The van der Waals surface area contributed by atoms with E-state index < -0.39 is 0 Å². The zero-order chi connectivity index (χ0) is 24.1. The van der Waals surface area contributed by atoms with Crippen LogP contribution in [0.4, 0.5) is 0 Å². The molecule has 0 aliphatic heterocycles. The molecular weight excluding hydrogens is 485 g/mol. The monoisotopic (exact) mass is 504 g/mol. The molecule has 37 heavy (non-hydrogen) atoms. The third-order valence-electron chi connectivity index (χ3n) is 8.40. The van der Waals surface area contributed by atoms with Crippen molar-refractivity contribution in [3.05, 3.63) is 143 Å². The molecule has 5 aromatic carbocycles. The molecule has 0 nitrogen and oxygen atoms in total. The maximum absolute atomic E-state index is 2.38. The average molecular weight is 505 g/mol. The van der Waals surface area contributed by atoms with Gasteiger partial charge < -0.3 is 0 Å². The van der Waals surface area contributed by atoms with Crippen LogP contribution in [0.2, 0.25) is 0 Å². The second-order valence-electron chi connectivity index (χ2n) is 10.1. The molecular formula is C35H20S2. The molecule has 2 aliphatic rings. The van der Waals surface area contributed by atoms with E-state index in [1.54, 1.807) is 0 Å². The summed E-state index contributed by atoms with van der Waals surface area (Å²) in [5.41, 5.74) is 12.1. The fourth-order valence-corrected chi connectivity index (χ4v) is 8.99. The molecule has 9 rings (SSSR count). The van der Waals surface area contributed by atoms with Crippen molar-refractivity contribution >= 4 is 42.8 Å². The minimum atomic E-state index is -0.232. The van der Waals surface area contributed by atoms with E-state index in [0.29, 0.717) is 0 Å². The van der Waals surface area contributed by atoms with Crippen LogP contribution >= 0.6 is 22.7 Å². The first-order chi connectivity index (χ1) is 18.3. The molecule has 1 unspecified atom stereocenters. The molecule has 0 saturated heterocycles. The summed E-state index contributed by atoms with van der Waals surface area (Å²) in [7, 11) is 0.